The Morgan fingerprint density at radius 2 is 1.88 bits per heavy atom. The molecular weight excluding hydrogens is 420 g/mol. The number of hydrogen-bond donors (Lipinski definition) is 2. The molecular formula is C22H21F2N5O3. The van der Waals surface area contributed by atoms with Gasteiger partial charge in [0, 0.05) is 42.9 Å². The summed E-state index contributed by atoms with van der Waals surface area (Å²) in [5.74, 6) is 2.20. The second kappa shape index (κ2) is 8.54. The standard InChI is InChI=1S/C22H21F2N5O3/c23-21(24)32-17-3-1-13(2-4-17)14-7-18(20(30)26-8-14)27-19-5-6-25-22(28-19)29-9-15-11-31-12-16(15)10-29/h1-8,15-16,21H,9-12H2,(H,26,30)(H,25,27,28). The first kappa shape index (κ1) is 20.4. The average molecular weight is 441 g/mol. The molecule has 1 aromatic carbocycles. The van der Waals surface area contributed by atoms with Crippen molar-refractivity contribution >= 4 is 17.5 Å². The molecule has 2 fully saturated rings. The maximum absolute atomic E-state index is 12.4. The number of ether oxygens (including phenoxy) is 2. The highest BCUT2D eigenvalue weighted by atomic mass is 19.3. The summed E-state index contributed by atoms with van der Waals surface area (Å²) < 4.78 is 34.6. The number of fused-ring (bicyclic) bond motifs is 1. The van der Waals surface area contributed by atoms with Crippen LogP contribution >= 0.6 is 0 Å². The highest BCUT2D eigenvalue weighted by Crippen LogP contribution is 2.31. The molecule has 32 heavy (non-hydrogen) atoms. The van der Waals surface area contributed by atoms with Crippen LogP contribution in [0.4, 0.5) is 26.2 Å². The van der Waals surface area contributed by atoms with Crippen molar-refractivity contribution in [3.8, 4) is 16.9 Å². The number of H-pyrrole nitrogens is 1. The minimum Gasteiger partial charge on any atom is -0.435 e. The van der Waals surface area contributed by atoms with Crippen molar-refractivity contribution in [1.82, 2.24) is 15.0 Å². The Morgan fingerprint density at radius 3 is 2.59 bits per heavy atom. The van der Waals surface area contributed by atoms with Gasteiger partial charge in [0.15, 0.2) is 0 Å². The Labute approximate surface area is 182 Å². The zero-order chi connectivity index (χ0) is 22.1. The van der Waals surface area contributed by atoms with Crippen molar-refractivity contribution in [1.29, 1.82) is 0 Å². The van der Waals surface area contributed by atoms with Crippen molar-refractivity contribution in [2.45, 2.75) is 6.61 Å². The first-order chi connectivity index (χ1) is 15.5. The number of rotatable bonds is 6. The molecule has 2 unspecified atom stereocenters. The molecule has 0 saturated carbocycles. The van der Waals surface area contributed by atoms with Gasteiger partial charge in [-0.05, 0) is 29.8 Å². The van der Waals surface area contributed by atoms with Gasteiger partial charge < -0.3 is 24.7 Å². The number of nitrogens with zero attached hydrogens (tertiary/aromatic N) is 3. The van der Waals surface area contributed by atoms with Crippen LogP contribution in [-0.2, 0) is 4.74 Å². The molecule has 2 atom stereocenters. The van der Waals surface area contributed by atoms with E-state index in [0.29, 0.717) is 34.9 Å². The summed E-state index contributed by atoms with van der Waals surface area (Å²) in [5.41, 5.74) is 1.45. The number of hydrogen-bond acceptors (Lipinski definition) is 7. The topological polar surface area (TPSA) is 92.4 Å². The second-order valence-corrected chi connectivity index (χ2v) is 7.86. The molecule has 0 radical (unpaired) electrons. The number of pyridine rings is 1. The third-order valence-electron chi connectivity index (χ3n) is 5.74. The maximum Gasteiger partial charge on any atom is 0.387 e. The van der Waals surface area contributed by atoms with Crippen LogP contribution in [-0.4, -0.2) is 47.9 Å². The van der Waals surface area contributed by atoms with Gasteiger partial charge in [0.1, 0.15) is 17.3 Å². The summed E-state index contributed by atoms with van der Waals surface area (Å²) in [4.78, 5) is 26.2. The Morgan fingerprint density at radius 1 is 1.12 bits per heavy atom. The molecule has 5 rings (SSSR count). The average Bonchev–Trinajstić information content (AvgIpc) is 3.38. The summed E-state index contributed by atoms with van der Waals surface area (Å²) in [6.07, 6.45) is 3.22. The van der Waals surface area contributed by atoms with Gasteiger partial charge in [0.05, 0.1) is 13.2 Å². The van der Waals surface area contributed by atoms with Crippen LogP contribution in [0.3, 0.4) is 0 Å². The van der Waals surface area contributed by atoms with Gasteiger partial charge in [0.2, 0.25) is 5.95 Å². The van der Waals surface area contributed by atoms with Crippen LogP contribution in [0.5, 0.6) is 5.75 Å². The van der Waals surface area contributed by atoms with E-state index in [2.05, 4.69) is 29.9 Å². The normalized spacial score (nSPS) is 19.9. The highest BCUT2D eigenvalue weighted by molar-refractivity contribution is 5.69. The predicted octanol–water partition coefficient (Wildman–Crippen LogP) is 3.26. The van der Waals surface area contributed by atoms with Crippen LogP contribution in [0.15, 0.2) is 53.6 Å². The third-order valence-corrected chi connectivity index (χ3v) is 5.74. The lowest BCUT2D eigenvalue weighted by molar-refractivity contribution is -0.0498. The lowest BCUT2D eigenvalue weighted by atomic mass is 10.0. The van der Waals surface area contributed by atoms with Crippen LogP contribution in [0.2, 0.25) is 0 Å². The van der Waals surface area contributed by atoms with E-state index in [9.17, 15) is 13.6 Å². The quantitative estimate of drug-likeness (QED) is 0.607. The summed E-state index contributed by atoms with van der Waals surface area (Å²) >= 11 is 0. The van der Waals surface area contributed by atoms with E-state index in [4.69, 9.17) is 4.74 Å². The van der Waals surface area contributed by atoms with E-state index in [1.54, 1.807) is 36.7 Å². The second-order valence-electron chi connectivity index (χ2n) is 7.86. The zero-order valence-corrected chi connectivity index (χ0v) is 17.0. The van der Waals surface area contributed by atoms with Crippen molar-refractivity contribution < 1.29 is 18.3 Å². The van der Waals surface area contributed by atoms with Gasteiger partial charge >= 0.3 is 6.61 Å². The Balaban J connectivity index is 1.34. The lowest BCUT2D eigenvalue weighted by Gasteiger charge is -2.17. The molecule has 0 spiro atoms. The van der Waals surface area contributed by atoms with Crippen LogP contribution in [0.1, 0.15) is 0 Å². The zero-order valence-electron chi connectivity index (χ0n) is 17.0. The van der Waals surface area contributed by atoms with Gasteiger partial charge in [-0.2, -0.15) is 13.8 Å². The minimum atomic E-state index is -2.88. The van der Waals surface area contributed by atoms with Crippen molar-refractivity contribution in [2.24, 2.45) is 11.8 Å². The van der Waals surface area contributed by atoms with Gasteiger partial charge in [-0.25, -0.2) is 4.98 Å². The number of alkyl halides is 2. The molecule has 4 heterocycles. The minimum absolute atomic E-state index is 0.0673. The number of benzene rings is 1. The first-order valence-corrected chi connectivity index (χ1v) is 10.3. The third kappa shape index (κ3) is 4.26. The molecule has 2 aliphatic rings. The van der Waals surface area contributed by atoms with E-state index in [-0.39, 0.29) is 11.3 Å². The molecule has 0 amide bonds. The number of nitrogens with one attached hydrogen (secondary N) is 2. The molecule has 10 heteroatoms. The van der Waals surface area contributed by atoms with E-state index in [1.807, 2.05) is 0 Å². The summed E-state index contributed by atoms with van der Waals surface area (Å²) in [6, 6.07) is 9.57. The molecule has 2 aliphatic heterocycles. The number of aromatic nitrogens is 3. The van der Waals surface area contributed by atoms with Crippen LogP contribution in [0.25, 0.3) is 11.1 Å². The van der Waals surface area contributed by atoms with Crippen molar-refractivity contribution in [3.05, 3.63) is 59.1 Å². The van der Waals surface area contributed by atoms with Crippen LogP contribution in [0, 0.1) is 11.8 Å². The Kier molecular flexibility index (Phi) is 5.44. The predicted molar refractivity (Wildman–Crippen MR) is 114 cm³/mol. The van der Waals surface area contributed by atoms with Crippen molar-refractivity contribution in [2.75, 3.05) is 36.5 Å². The lowest BCUT2D eigenvalue weighted by Crippen LogP contribution is -2.24. The van der Waals surface area contributed by atoms with Crippen molar-refractivity contribution in [3.63, 3.8) is 0 Å². The van der Waals surface area contributed by atoms with Gasteiger partial charge in [-0.15, -0.1) is 0 Å². The van der Waals surface area contributed by atoms with Crippen LogP contribution < -0.4 is 20.5 Å². The summed E-state index contributed by atoms with van der Waals surface area (Å²) in [7, 11) is 0. The van der Waals surface area contributed by atoms with E-state index >= 15 is 0 Å². The molecule has 0 aliphatic carbocycles. The maximum atomic E-state index is 12.4. The van der Waals surface area contributed by atoms with Gasteiger partial charge in [-0.1, -0.05) is 12.1 Å². The number of anilines is 3. The monoisotopic (exact) mass is 441 g/mol. The van der Waals surface area contributed by atoms with E-state index < -0.39 is 6.61 Å². The van der Waals surface area contributed by atoms with Gasteiger partial charge in [0.25, 0.3) is 5.56 Å². The highest BCUT2D eigenvalue weighted by Gasteiger charge is 2.38. The van der Waals surface area contributed by atoms with E-state index in [1.165, 1.54) is 12.1 Å². The summed E-state index contributed by atoms with van der Waals surface area (Å²) in [5, 5.41) is 3.06. The largest absolute Gasteiger partial charge is 0.435 e. The molecule has 3 aromatic rings. The molecule has 8 nitrogen and oxygen atoms in total. The molecule has 2 aromatic heterocycles. The number of halogens is 2. The smallest absolute Gasteiger partial charge is 0.387 e. The Bertz CT molecular complexity index is 1140. The fraction of sp³-hybridized carbons (Fsp3) is 0.318. The fourth-order valence-electron chi connectivity index (χ4n) is 4.13. The summed E-state index contributed by atoms with van der Waals surface area (Å²) in [6.45, 7) is 0.383. The Hall–Kier alpha value is -3.53. The molecule has 2 N–H and O–H groups in total. The fourth-order valence-corrected chi connectivity index (χ4v) is 4.13. The van der Waals surface area contributed by atoms with Gasteiger partial charge in [-0.3, -0.25) is 4.79 Å². The molecule has 0 bridgehead atoms. The first-order valence-electron chi connectivity index (χ1n) is 10.3. The van der Waals surface area contributed by atoms with E-state index in [0.717, 1.165) is 31.9 Å². The SMILES string of the molecule is O=c1[nH]cc(-c2ccc(OC(F)F)cc2)cc1Nc1ccnc(N2CC3COCC3C2)n1. The molecule has 166 valence electrons. The molecule has 2 saturated heterocycles. The number of aromatic amines is 1.